The fourth-order valence-electron chi connectivity index (χ4n) is 2.04. The molecule has 0 fully saturated rings. The van der Waals surface area contributed by atoms with Crippen molar-refractivity contribution in [1.82, 2.24) is 9.88 Å². The van der Waals surface area contributed by atoms with Gasteiger partial charge in [0.05, 0.1) is 5.02 Å². The molecule has 1 aromatic heterocycles. The lowest BCUT2D eigenvalue weighted by Crippen LogP contribution is -2.28. The number of rotatable bonds is 5. The number of H-pyrrole nitrogens is 1. The topological polar surface area (TPSA) is 73.4 Å². The van der Waals surface area contributed by atoms with Crippen molar-refractivity contribution in [2.24, 2.45) is 0 Å². The highest BCUT2D eigenvalue weighted by molar-refractivity contribution is 6.38. The van der Waals surface area contributed by atoms with Crippen molar-refractivity contribution in [3.05, 3.63) is 34.7 Å². The van der Waals surface area contributed by atoms with Gasteiger partial charge in [-0.3, -0.25) is 9.59 Å². The molecule has 2 N–H and O–H groups in total. The minimum Gasteiger partial charge on any atom is -0.481 e. The number of aliphatic carboxylic acids is 1. The molecule has 21 heavy (non-hydrogen) atoms. The van der Waals surface area contributed by atoms with Gasteiger partial charge in [-0.1, -0.05) is 11.6 Å². The van der Waals surface area contributed by atoms with Crippen LogP contribution < -0.4 is 0 Å². The van der Waals surface area contributed by atoms with Gasteiger partial charge in [-0.25, -0.2) is 4.39 Å². The Labute approximate surface area is 125 Å². The van der Waals surface area contributed by atoms with E-state index in [2.05, 4.69) is 4.98 Å². The van der Waals surface area contributed by atoms with Gasteiger partial charge in [-0.15, -0.1) is 0 Å². The second kappa shape index (κ2) is 6.13. The smallest absolute Gasteiger partial charge is 0.303 e. The lowest BCUT2D eigenvalue weighted by atomic mass is 10.2. The summed E-state index contributed by atoms with van der Waals surface area (Å²) in [5, 5.41) is 9.19. The van der Waals surface area contributed by atoms with Gasteiger partial charge in [0.2, 0.25) is 0 Å². The zero-order valence-electron chi connectivity index (χ0n) is 11.3. The first-order chi connectivity index (χ1) is 9.90. The largest absolute Gasteiger partial charge is 0.481 e. The molecule has 1 heterocycles. The van der Waals surface area contributed by atoms with Gasteiger partial charge in [-0.2, -0.15) is 0 Å². The molecule has 112 valence electrons. The third kappa shape index (κ3) is 3.33. The number of fused-ring (bicyclic) bond motifs is 1. The average Bonchev–Trinajstić information content (AvgIpc) is 2.74. The molecule has 7 heteroatoms. The van der Waals surface area contributed by atoms with Gasteiger partial charge in [0.1, 0.15) is 11.5 Å². The standard InChI is InChI=1S/C14H14ClFN2O3/c1-18(6-2-3-11(19)20)14(21)13-12(15)9-7-8(16)4-5-10(9)17-13/h4-5,7,17H,2-3,6H2,1H3,(H,19,20). The molecule has 0 radical (unpaired) electrons. The number of nitrogens with zero attached hydrogens (tertiary/aromatic N) is 1. The summed E-state index contributed by atoms with van der Waals surface area (Å²) in [4.78, 5) is 27.0. The molecule has 0 saturated carbocycles. The van der Waals surface area contributed by atoms with E-state index in [0.717, 1.165) is 0 Å². The third-order valence-electron chi connectivity index (χ3n) is 3.14. The first-order valence-electron chi connectivity index (χ1n) is 6.34. The van der Waals surface area contributed by atoms with Gasteiger partial charge in [0.25, 0.3) is 5.91 Å². The Morgan fingerprint density at radius 3 is 2.81 bits per heavy atom. The van der Waals surface area contributed by atoms with Crippen LogP contribution in [-0.4, -0.2) is 40.5 Å². The number of aromatic amines is 1. The summed E-state index contributed by atoms with van der Waals surface area (Å²) in [6.45, 7) is 0.297. The maximum Gasteiger partial charge on any atom is 0.303 e. The molecule has 5 nitrogen and oxygen atoms in total. The van der Waals surface area contributed by atoms with Crippen molar-refractivity contribution in [2.75, 3.05) is 13.6 Å². The molecule has 2 aromatic rings. The van der Waals surface area contributed by atoms with Crippen molar-refractivity contribution >= 4 is 34.4 Å². The van der Waals surface area contributed by atoms with Crippen molar-refractivity contribution < 1.29 is 19.1 Å². The van der Waals surface area contributed by atoms with Gasteiger partial charge in [0, 0.05) is 30.9 Å². The van der Waals surface area contributed by atoms with Crippen LogP contribution in [0.1, 0.15) is 23.3 Å². The van der Waals surface area contributed by atoms with E-state index < -0.39 is 11.8 Å². The van der Waals surface area contributed by atoms with Gasteiger partial charge < -0.3 is 15.0 Å². The number of carbonyl (C=O) groups is 2. The van der Waals surface area contributed by atoms with Crippen molar-refractivity contribution in [2.45, 2.75) is 12.8 Å². The Morgan fingerprint density at radius 2 is 2.14 bits per heavy atom. The summed E-state index contributed by atoms with van der Waals surface area (Å²) < 4.78 is 13.2. The van der Waals surface area contributed by atoms with Crippen LogP contribution in [0.25, 0.3) is 10.9 Å². The van der Waals surface area contributed by atoms with Crippen LogP contribution in [0.3, 0.4) is 0 Å². The van der Waals surface area contributed by atoms with Crippen LogP contribution in [0, 0.1) is 5.82 Å². The number of halogens is 2. The number of hydrogen-bond donors (Lipinski definition) is 2. The van der Waals surface area contributed by atoms with E-state index in [1.165, 1.54) is 23.1 Å². The predicted octanol–water partition coefficient (Wildman–Crippen LogP) is 2.90. The van der Waals surface area contributed by atoms with Crippen LogP contribution in [0.4, 0.5) is 4.39 Å². The molecular formula is C14H14ClFN2O3. The number of aromatic nitrogens is 1. The first-order valence-corrected chi connectivity index (χ1v) is 6.72. The summed E-state index contributed by atoms with van der Waals surface area (Å²) in [6, 6.07) is 4.05. The summed E-state index contributed by atoms with van der Waals surface area (Å²) in [7, 11) is 1.56. The molecule has 2 rings (SSSR count). The number of carboxylic acids is 1. The Hall–Kier alpha value is -2.08. The van der Waals surface area contributed by atoms with E-state index in [4.69, 9.17) is 16.7 Å². The summed E-state index contributed by atoms with van der Waals surface area (Å²) >= 11 is 6.11. The number of hydrogen-bond acceptors (Lipinski definition) is 2. The van der Waals surface area contributed by atoms with E-state index in [1.54, 1.807) is 7.05 Å². The number of carbonyl (C=O) groups excluding carboxylic acids is 1. The van der Waals surface area contributed by atoms with Crippen LogP contribution in [0.15, 0.2) is 18.2 Å². The maximum atomic E-state index is 13.2. The van der Waals surface area contributed by atoms with E-state index >= 15 is 0 Å². The molecule has 0 aliphatic rings. The normalized spacial score (nSPS) is 10.8. The molecule has 0 bridgehead atoms. The Kier molecular flexibility index (Phi) is 4.47. The molecular weight excluding hydrogens is 299 g/mol. The number of carboxylic acid groups (broad SMARTS) is 1. The highest BCUT2D eigenvalue weighted by atomic mass is 35.5. The van der Waals surface area contributed by atoms with Gasteiger partial charge in [-0.05, 0) is 24.6 Å². The highest BCUT2D eigenvalue weighted by Gasteiger charge is 2.20. The molecule has 0 unspecified atom stereocenters. The predicted molar refractivity (Wildman–Crippen MR) is 77.1 cm³/mol. The second-order valence-corrected chi connectivity index (χ2v) is 5.11. The molecule has 0 atom stereocenters. The Morgan fingerprint density at radius 1 is 1.43 bits per heavy atom. The molecule has 0 spiro atoms. The number of benzene rings is 1. The minimum atomic E-state index is -0.907. The lowest BCUT2D eigenvalue weighted by Gasteiger charge is -2.15. The van der Waals surface area contributed by atoms with Gasteiger partial charge >= 0.3 is 5.97 Å². The maximum absolute atomic E-state index is 13.2. The van der Waals surface area contributed by atoms with Crippen LogP contribution in [0.2, 0.25) is 5.02 Å². The van der Waals surface area contributed by atoms with Crippen molar-refractivity contribution in [1.29, 1.82) is 0 Å². The van der Waals surface area contributed by atoms with E-state index in [9.17, 15) is 14.0 Å². The van der Waals surface area contributed by atoms with Crippen molar-refractivity contribution in [3.63, 3.8) is 0 Å². The molecule has 0 saturated heterocycles. The fraction of sp³-hybridized carbons (Fsp3) is 0.286. The molecule has 0 aliphatic heterocycles. The Balaban J connectivity index is 2.19. The zero-order chi connectivity index (χ0) is 15.6. The third-order valence-corrected chi connectivity index (χ3v) is 3.53. The van der Waals surface area contributed by atoms with Crippen LogP contribution >= 0.6 is 11.6 Å². The number of nitrogens with one attached hydrogen (secondary N) is 1. The summed E-state index contributed by atoms with van der Waals surface area (Å²) in [5.74, 6) is -1.70. The van der Waals surface area contributed by atoms with Crippen LogP contribution in [0.5, 0.6) is 0 Å². The SMILES string of the molecule is CN(CCCC(=O)O)C(=O)c1[nH]c2ccc(F)cc2c1Cl. The fourth-order valence-corrected chi connectivity index (χ4v) is 2.32. The summed E-state index contributed by atoms with van der Waals surface area (Å²) in [6.07, 6.45) is 0.341. The monoisotopic (exact) mass is 312 g/mol. The Bertz CT molecular complexity index is 699. The first kappa shape index (κ1) is 15.3. The highest BCUT2D eigenvalue weighted by Crippen LogP contribution is 2.28. The molecule has 1 amide bonds. The molecule has 0 aliphatic carbocycles. The second-order valence-electron chi connectivity index (χ2n) is 4.73. The summed E-state index contributed by atoms with van der Waals surface area (Å²) in [5.41, 5.74) is 0.749. The quantitative estimate of drug-likeness (QED) is 0.891. The lowest BCUT2D eigenvalue weighted by molar-refractivity contribution is -0.137. The van der Waals surface area contributed by atoms with Crippen molar-refractivity contribution in [3.8, 4) is 0 Å². The van der Waals surface area contributed by atoms with Crippen LogP contribution in [-0.2, 0) is 4.79 Å². The average molecular weight is 313 g/mol. The van der Waals surface area contributed by atoms with Gasteiger partial charge in [0.15, 0.2) is 0 Å². The van der Waals surface area contributed by atoms with E-state index in [0.29, 0.717) is 23.9 Å². The zero-order valence-corrected chi connectivity index (χ0v) is 12.1. The van der Waals surface area contributed by atoms with E-state index in [1.807, 2.05) is 0 Å². The van der Waals surface area contributed by atoms with E-state index in [-0.39, 0.29) is 23.0 Å². The molecule has 1 aromatic carbocycles. The number of amides is 1. The minimum absolute atomic E-state index is 0.0106.